The number of alkyl halides is 3. The van der Waals surface area contributed by atoms with Gasteiger partial charge in [0.05, 0.1) is 0 Å². The van der Waals surface area contributed by atoms with Gasteiger partial charge in [0.25, 0.3) is 0 Å². The zero-order valence-corrected chi connectivity index (χ0v) is 9.14. The van der Waals surface area contributed by atoms with Crippen LogP contribution in [0.3, 0.4) is 0 Å². The highest BCUT2D eigenvalue weighted by atomic mass is 19.4. The minimum Gasteiger partial charge on any atom is -0.479 e. The van der Waals surface area contributed by atoms with Crippen molar-refractivity contribution in [1.29, 1.82) is 0 Å². The first kappa shape index (κ1) is 12.8. The van der Waals surface area contributed by atoms with Gasteiger partial charge in [0.2, 0.25) is 6.10 Å². The molecule has 0 fully saturated rings. The fourth-order valence-electron chi connectivity index (χ4n) is 1.38. The maximum atomic E-state index is 12.5. The highest BCUT2D eigenvalue weighted by Gasteiger charge is 2.41. The highest BCUT2D eigenvalue weighted by molar-refractivity contribution is 5.39. The zero-order chi connectivity index (χ0) is 12.3. The maximum absolute atomic E-state index is 12.5. The van der Waals surface area contributed by atoms with Crippen LogP contribution >= 0.6 is 0 Å². The third-order valence-corrected chi connectivity index (χ3v) is 2.25. The van der Waals surface area contributed by atoms with E-state index in [1.807, 2.05) is 0 Å². The molecule has 0 aromatic heterocycles. The van der Waals surface area contributed by atoms with Crippen molar-refractivity contribution in [2.24, 2.45) is 5.73 Å². The lowest BCUT2D eigenvalue weighted by atomic mass is 10.1. The standard InChI is InChI=1S/C11H14F3NO/c1-7-4-3-5-8(2)10(7)16-9(6-15)11(12,13)14/h3-5,9H,6,15H2,1-2H3. The molecule has 2 N–H and O–H groups in total. The molecular formula is C11H14F3NO. The van der Waals surface area contributed by atoms with Crippen molar-refractivity contribution >= 4 is 0 Å². The molecule has 90 valence electrons. The van der Waals surface area contributed by atoms with Crippen molar-refractivity contribution in [2.45, 2.75) is 26.1 Å². The largest absolute Gasteiger partial charge is 0.479 e. The van der Waals surface area contributed by atoms with Crippen LogP contribution in [0.4, 0.5) is 13.2 Å². The van der Waals surface area contributed by atoms with Gasteiger partial charge in [0, 0.05) is 6.54 Å². The number of para-hydroxylation sites is 1. The summed E-state index contributed by atoms with van der Waals surface area (Å²) in [6.07, 6.45) is -6.39. The van der Waals surface area contributed by atoms with Gasteiger partial charge in [-0.2, -0.15) is 13.2 Å². The average molecular weight is 233 g/mol. The summed E-state index contributed by atoms with van der Waals surface area (Å²) in [6, 6.07) is 5.17. The van der Waals surface area contributed by atoms with E-state index in [2.05, 4.69) is 0 Å². The van der Waals surface area contributed by atoms with E-state index in [0.717, 1.165) is 0 Å². The van der Waals surface area contributed by atoms with Gasteiger partial charge in [-0.3, -0.25) is 0 Å². The lowest BCUT2D eigenvalue weighted by molar-refractivity contribution is -0.191. The summed E-state index contributed by atoms with van der Waals surface area (Å²) in [5.41, 5.74) is 6.40. The quantitative estimate of drug-likeness (QED) is 0.870. The van der Waals surface area contributed by atoms with Crippen LogP contribution in [-0.2, 0) is 0 Å². The Labute approximate surface area is 92.2 Å². The number of halogens is 3. The number of aryl methyl sites for hydroxylation is 2. The number of ether oxygens (including phenoxy) is 1. The molecule has 0 heterocycles. The molecule has 0 saturated heterocycles. The number of benzene rings is 1. The summed E-state index contributed by atoms with van der Waals surface area (Å²) in [5.74, 6) is 0.260. The van der Waals surface area contributed by atoms with E-state index in [-0.39, 0.29) is 5.75 Å². The third kappa shape index (κ3) is 2.88. The van der Waals surface area contributed by atoms with Crippen molar-refractivity contribution in [2.75, 3.05) is 6.54 Å². The zero-order valence-electron chi connectivity index (χ0n) is 9.14. The Bertz CT molecular complexity index is 342. The lowest BCUT2D eigenvalue weighted by Gasteiger charge is -2.22. The number of hydrogen-bond acceptors (Lipinski definition) is 2. The Hall–Kier alpha value is -1.23. The van der Waals surface area contributed by atoms with E-state index in [4.69, 9.17) is 10.5 Å². The van der Waals surface area contributed by atoms with Gasteiger partial charge >= 0.3 is 6.18 Å². The van der Waals surface area contributed by atoms with Crippen LogP contribution in [-0.4, -0.2) is 18.8 Å². The Morgan fingerprint density at radius 1 is 1.25 bits per heavy atom. The smallest absolute Gasteiger partial charge is 0.426 e. The summed E-state index contributed by atoms with van der Waals surface area (Å²) in [6.45, 7) is 2.82. The van der Waals surface area contributed by atoms with E-state index in [1.165, 1.54) is 0 Å². The van der Waals surface area contributed by atoms with Gasteiger partial charge in [-0.25, -0.2) is 0 Å². The van der Waals surface area contributed by atoms with Crippen molar-refractivity contribution in [3.05, 3.63) is 29.3 Å². The topological polar surface area (TPSA) is 35.2 Å². The van der Waals surface area contributed by atoms with Crippen molar-refractivity contribution < 1.29 is 17.9 Å². The average Bonchev–Trinajstić information content (AvgIpc) is 2.15. The van der Waals surface area contributed by atoms with Crippen LogP contribution in [0.15, 0.2) is 18.2 Å². The van der Waals surface area contributed by atoms with Crippen LogP contribution in [0.1, 0.15) is 11.1 Å². The summed E-state index contributed by atoms with van der Waals surface area (Å²) in [5, 5.41) is 0. The van der Waals surface area contributed by atoms with E-state index < -0.39 is 18.8 Å². The van der Waals surface area contributed by atoms with Crippen LogP contribution in [0, 0.1) is 13.8 Å². The molecule has 16 heavy (non-hydrogen) atoms. The molecule has 2 nitrogen and oxygen atoms in total. The molecule has 5 heteroatoms. The number of nitrogens with two attached hydrogens (primary N) is 1. The molecule has 1 atom stereocenters. The van der Waals surface area contributed by atoms with Crippen LogP contribution in [0.2, 0.25) is 0 Å². The van der Waals surface area contributed by atoms with Gasteiger partial charge in [0.15, 0.2) is 0 Å². The van der Waals surface area contributed by atoms with Gasteiger partial charge in [-0.15, -0.1) is 0 Å². The third-order valence-electron chi connectivity index (χ3n) is 2.25. The van der Waals surface area contributed by atoms with E-state index in [1.54, 1.807) is 32.0 Å². The molecule has 0 spiro atoms. The molecule has 0 aliphatic heterocycles. The minimum absolute atomic E-state index is 0.260. The maximum Gasteiger partial charge on any atom is 0.426 e. The van der Waals surface area contributed by atoms with Gasteiger partial charge in [-0.05, 0) is 25.0 Å². The molecule has 0 amide bonds. The molecule has 1 aromatic carbocycles. The molecule has 0 radical (unpaired) electrons. The Morgan fingerprint density at radius 2 is 1.75 bits per heavy atom. The second-order valence-electron chi connectivity index (χ2n) is 3.60. The summed E-state index contributed by atoms with van der Waals surface area (Å²) in [4.78, 5) is 0. The fraction of sp³-hybridized carbons (Fsp3) is 0.455. The summed E-state index contributed by atoms with van der Waals surface area (Å²) >= 11 is 0. The van der Waals surface area contributed by atoms with Crippen LogP contribution in [0.25, 0.3) is 0 Å². The minimum atomic E-state index is -4.44. The normalized spacial score (nSPS) is 13.6. The predicted molar refractivity (Wildman–Crippen MR) is 55.4 cm³/mol. The second-order valence-corrected chi connectivity index (χ2v) is 3.60. The Morgan fingerprint density at radius 3 is 2.12 bits per heavy atom. The first-order valence-corrected chi connectivity index (χ1v) is 4.86. The monoisotopic (exact) mass is 233 g/mol. The fourth-order valence-corrected chi connectivity index (χ4v) is 1.38. The Kier molecular flexibility index (Phi) is 3.80. The van der Waals surface area contributed by atoms with E-state index in [0.29, 0.717) is 11.1 Å². The molecule has 1 unspecified atom stereocenters. The lowest BCUT2D eigenvalue weighted by Crippen LogP contribution is -2.41. The number of rotatable bonds is 3. The van der Waals surface area contributed by atoms with Crippen LogP contribution in [0.5, 0.6) is 5.75 Å². The molecule has 0 bridgehead atoms. The SMILES string of the molecule is Cc1cccc(C)c1OC(CN)C(F)(F)F. The van der Waals surface area contributed by atoms with E-state index in [9.17, 15) is 13.2 Å². The van der Waals surface area contributed by atoms with Gasteiger partial charge in [-0.1, -0.05) is 18.2 Å². The summed E-state index contributed by atoms with van der Waals surface area (Å²) < 4.78 is 42.3. The molecule has 0 saturated carbocycles. The van der Waals surface area contributed by atoms with E-state index >= 15 is 0 Å². The summed E-state index contributed by atoms with van der Waals surface area (Å²) in [7, 11) is 0. The van der Waals surface area contributed by atoms with Crippen molar-refractivity contribution in [1.82, 2.24) is 0 Å². The van der Waals surface area contributed by atoms with Gasteiger partial charge in [0.1, 0.15) is 5.75 Å². The predicted octanol–water partition coefficient (Wildman–Crippen LogP) is 2.57. The Balaban J connectivity index is 2.95. The first-order valence-electron chi connectivity index (χ1n) is 4.86. The van der Waals surface area contributed by atoms with Crippen molar-refractivity contribution in [3.63, 3.8) is 0 Å². The van der Waals surface area contributed by atoms with Crippen LogP contribution < -0.4 is 10.5 Å². The molecular weight excluding hydrogens is 219 g/mol. The molecule has 1 aromatic rings. The van der Waals surface area contributed by atoms with Crippen molar-refractivity contribution in [3.8, 4) is 5.75 Å². The van der Waals surface area contributed by atoms with Gasteiger partial charge < -0.3 is 10.5 Å². The number of hydrogen-bond donors (Lipinski definition) is 1. The first-order chi connectivity index (χ1) is 7.36. The molecule has 0 aliphatic rings. The molecule has 1 rings (SSSR count). The second kappa shape index (κ2) is 4.74. The highest BCUT2D eigenvalue weighted by Crippen LogP contribution is 2.29. The molecule has 0 aliphatic carbocycles.